The molecule has 0 spiro atoms. The van der Waals surface area contributed by atoms with E-state index < -0.39 is 0 Å². The van der Waals surface area contributed by atoms with Crippen molar-refractivity contribution in [2.24, 2.45) is 0 Å². The zero-order valence-corrected chi connectivity index (χ0v) is 21.9. The molecule has 0 fully saturated rings. The number of aryl methyl sites for hydroxylation is 2. The van der Waals surface area contributed by atoms with Gasteiger partial charge in [0.05, 0.1) is 6.04 Å². The SMILES string of the molecule is Cc1cc(C)c(O)c(-c2n[nH]c3c2C(c2ccc(C(C)(C)C)cc2)N(Cc2ccccc2Cl)C3=O)c1. The highest BCUT2D eigenvalue weighted by Crippen LogP contribution is 2.46. The number of amides is 1. The van der Waals surface area contributed by atoms with E-state index >= 15 is 0 Å². The fraction of sp³-hybridized carbons (Fsp3) is 0.267. The van der Waals surface area contributed by atoms with Gasteiger partial charge < -0.3 is 10.0 Å². The second-order valence-corrected chi connectivity index (χ2v) is 11.0. The van der Waals surface area contributed by atoms with Gasteiger partial charge in [-0.3, -0.25) is 9.89 Å². The van der Waals surface area contributed by atoms with Crippen LogP contribution in [-0.4, -0.2) is 26.1 Å². The second kappa shape index (κ2) is 8.82. The van der Waals surface area contributed by atoms with E-state index in [1.54, 1.807) is 0 Å². The van der Waals surface area contributed by atoms with Crippen molar-refractivity contribution in [1.82, 2.24) is 15.1 Å². The fourth-order valence-electron chi connectivity index (χ4n) is 5.03. The first-order valence-electron chi connectivity index (χ1n) is 12.1. The molecule has 0 aliphatic carbocycles. The van der Waals surface area contributed by atoms with Crippen molar-refractivity contribution >= 4 is 17.5 Å². The number of fused-ring (bicyclic) bond motifs is 1. The van der Waals surface area contributed by atoms with E-state index in [9.17, 15) is 9.90 Å². The molecule has 6 heteroatoms. The van der Waals surface area contributed by atoms with Crippen LogP contribution in [0.1, 0.15) is 70.7 Å². The normalized spacial score (nSPS) is 15.4. The quantitative estimate of drug-likeness (QED) is 0.314. The van der Waals surface area contributed by atoms with Crippen LogP contribution in [0.25, 0.3) is 11.3 Å². The third-order valence-electron chi connectivity index (χ3n) is 6.95. The maximum Gasteiger partial charge on any atom is 0.273 e. The maximum atomic E-state index is 13.7. The van der Waals surface area contributed by atoms with Gasteiger partial charge in [-0.15, -0.1) is 0 Å². The first-order valence-corrected chi connectivity index (χ1v) is 12.5. The van der Waals surface area contributed by atoms with Crippen LogP contribution in [0, 0.1) is 13.8 Å². The van der Waals surface area contributed by atoms with Gasteiger partial charge in [-0.2, -0.15) is 5.10 Å². The molecule has 1 amide bonds. The van der Waals surface area contributed by atoms with Gasteiger partial charge in [0.2, 0.25) is 0 Å². The minimum Gasteiger partial charge on any atom is -0.507 e. The molecule has 0 radical (unpaired) electrons. The minimum atomic E-state index is -0.383. The zero-order chi connectivity index (χ0) is 25.8. The number of nitrogens with one attached hydrogen (secondary N) is 1. The van der Waals surface area contributed by atoms with Gasteiger partial charge in [0.15, 0.2) is 0 Å². The number of phenols is 1. The Morgan fingerprint density at radius 1 is 1.06 bits per heavy atom. The standard InChI is InChI=1S/C30H30ClN3O2/c1-17-14-18(2)28(35)22(15-17)25-24-26(33-32-25)29(36)34(16-20-8-6-7-9-23(20)31)27(24)19-10-12-21(13-11-19)30(3,4)5/h6-15,27,35H,16H2,1-5H3,(H,32,33). The van der Waals surface area contributed by atoms with Gasteiger partial charge in [-0.1, -0.05) is 80.9 Å². The molecule has 36 heavy (non-hydrogen) atoms. The number of hydrogen-bond donors (Lipinski definition) is 2. The molecule has 5 nitrogen and oxygen atoms in total. The zero-order valence-electron chi connectivity index (χ0n) is 21.2. The number of rotatable bonds is 4. The molecule has 1 aromatic heterocycles. The van der Waals surface area contributed by atoms with E-state index in [0.29, 0.717) is 28.5 Å². The molecule has 1 aliphatic rings. The topological polar surface area (TPSA) is 69.2 Å². The Morgan fingerprint density at radius 2 is 1.75 bits per heavy atom. The van der Waals surface area contributed by atoms with Crippen LogP contribution in [0.5, 0.6) is 5.75 Å². The number of aromatic amines is 1. The van der Waals surface area contributed by atoms with Crippen molar-refractivity contribution in [3.63, 3.8) is 0 Å². The summed E-state index contributed by atoms with van der Waals surface area (Å²) in [7, 11) is 0. The number of nitrogens with zero attached hydrogens (tertiary/aromatic N) is 2. The minimum absolute atomic E-state index is 0.0120. The van der Waals surface area contributed by atoms with Crippen LogP contribution >= 0.6 is 11.6 Å². The molecule has 2 heterocycles. The molecule has 3 aromatic carbocycles. The van der Waals surface area contributed by atoms with E-state index in [1.165, 1.54) is 5.56 Å². The summed E-state index contributed by atoms with van der Waals surface area (Å²) in [6, 6.07) is 19.5. The van der Waals surface area contributed by atoms with E-state index in [2.05, 4.69) is 55.2 Å². The van der Waals surface area contributed by atoms with Crippen molar-refractivity contribution in [3.8, 4) is 17.0 Å². The molecule has 0 saturated heterocycles. The first kappa shape index (κ1) is 24.1. The van der Waals surface area contributed by atoms with Gasteiger partial charge in [0, 0.05) is 22.7 Å². The lowest BCUT2D eigenvalue weighted by atomic mass is 9.85. The van der Waals surface area contributed by atoms with E-state index in [4.69, 9.17) is 11.6 Å². The Kier molecular flexibility index (Phi) is 5.92. The highest BCUT2D eigenvalue weighted by Gasteiger charge is 2.42. The third-order valence-corrected chi connectivity index (χ3v) is 7.32. The van der Waals surface area contributed by atoms with Gasteiger partial charge in [-0.25, -0.2) is 0 Å². The van der Waals surface area contributed by atoms with Crippen molar-refractivity contribution in [2.45, 2.75) is 52.6 Å². The summed E-state index contributed by atoms with van der Waals surface area (Å²) < 4.78 is 0. The molecular weight excluding hydrogens is 470 g/mol. The van der Waals surface area contributed by atoms with E-state index in [-0.39, 0.29) is 23.1 Å². The van der Waals surface area contributed by atoms with Crippen molar-refractivity contribution < 1.29 is 9.90 Å². The Morgan fingerprint density at radius 3 is 2.42 bits per heavy atom. The summed E-state index contributed by atoms with van der Waals surface area (Å²) in [5.41, 5.74) is 7.29. The first-order chi connectivity index (χ1) is 17.1. The van der Waals surface area contributed by atoms with Crippen LogP contribution in [-0.2, 0) is 12.0 Å². The van der Waals surface area contributed by atoms with Crippen molar-refractivity contribution in [2.75, 3.05) is 0 Å². The largest absolute Gasteiger partial charge is 0.507 e. The Labute approximate surface area is 216 Å². The van der Waals surface area contributed by atoms with Crippen molar-refractivity contribution in [1.29, 1.82) is 0 Å². The number of hydrogen-bond acceptors (Lipinski definition) is 3. The lowest BCUT2D eigenvalue weighted by Crippen LogP contribution is -2.29. The third kappa shape index (κ3) is 4.07. The molecule has 2 N–H and O–H groups in total. The predicted octanol–water partition coefficient (Wildman–Crippen LogP) is 7.10. The Balaban J connectivity index is 1.69. The summed E-state index contributed by atoms with van der Waals surface area (Å²) in [4.78, 5) is 15.6. The summed E-state index contributed by atoms with van der Waals surface area (Å²) in [6.07, 6.45) is 0. The van der Waals surface area contributed by atoms with Crippen LogP contribution in [0.3, 0.4) is 0 Å². The van der Waals surface area contributed by atoms with Gasteiger partial charge in [0.25, 0.3) is 5.91 Å². The Hall–Kier alpha value is -3.57. The summed E-state index contributed by atoms with van der Waals surface area (Å²) in [5, 5.41) is 19.1. The van der Waals surface area contributed by atoms with E-state index in [1.807, 2.05) is 55.1 Å². The fourth-order valence-corrected chi connectivity index (χ4v) is 5.22. The number of carbonyl (C=O) groups excluding carboxylic acids is 1. The molecule has 1 aliphatic heterocycles. The number of carbonyl (C=O) groups is 1. The van der Waals surface area contributed by atoms with Gasteiger partial charge in [-0.05, 0) is 59.2 Å². The highest BCUT2D eigenvalue weighted by atomic mass is 35.5. The average molecular weight is 500 g/mol. The maximum absolute atomic E-state index is 13.7. The molecule has 0 saturated carbocycles. The van der Waals surface area contributed by atoms with Crippen LogP contribution in [0.2, 0.25) is 5.02 Å². The summed E-state index contributed by atoms with van der Waals surface area (Å²) >= 11 is 6.49. The summed E-state index contributed by atoms with van der Waals surface area (Å²) in [5.74, 6) is 0.0335. The number of phenolic OH excluding ortho intramolecular Hbond substituents is 1. The molecule has 1 atom stereocenters. The number of halogens is 1. The van der Waals surface area contributed by atoms with Crippen LogP contribution < -0.4 is 0 Å². The molecule has 184 valence electrons. The summed E-state index contributed by atoms with van der Waals surface area (Å²) in [6.45, 7) is 10.8. The monoisotopic (exact) mass is 499 g/mol. The van der Waals surface area contributed by atoms with Crippen LogP contribution in [0.4, 0.5) is 0 Å². The smallest absolute Gasteiger partial charge is 0.273 e. The second-order valence-electron chi connectivity index (χ2n) is 10.6. The molecule has 0 bridgehead atoms. The molecule has 5 rings (SSSR count). The molecule has 1 unspecified atom stereocenters. The predicted molar refractivity (Wildman–Crippen MR) is 143 cm³/mol. The number of H-pyrrole nitrogens is 1. The van der Waals surface area contributed by atoms with Crippen molar-refractivity contribution in [3.05, 3.63) is 105 Å². The number of aromatic nitrogens is 2. The van der Waals surface area contributed by atoms with E-state index in [0.717, 1.165) is 27.8 Å². The number of aromatic hydroxyl groups is 1. The van der Waals surface area contributed by atoms with Gasteiger partial charge in [0.1, 0.15) is 17.1 Å². The van der Waals surface area contributed by atoms with Crippen LogP contribution in [0.15, 0.2) is 60.7 Å². The lowest BCUT2D eigenvalue weighted by molar-refractivity contribution is 0.0730. The Bertz CT molecular complexity index is 1460. The average Bonchev–Trinajstić information content (AvgIpc) is 3.36. The molecular formula is C30H30ClN3O2. The lowest BCUT2D eigenvalue weighted by Gasteiger charge is -2.28. The van der Waals surface area contributed by atoms with Gasteiger partial charge >= 0.3 is 0 Å². The molecule has 4 aromatic rings. The highest BCUT2D eigenvalue weighted by molar-refractivity contribution is 6.31. The number of benzene rings is 3.